The SMILES string of the molecule is COc1ccc(OC)c(N(C)C(=O)Oc2cc(-c3ccc(C)c(C)c3C)nc(Nc3ccc(N4CCN(C)CC4)cc3)n2)c1. The van der Waals surface area contributed by atoms with Crippen molar-refractivity contribution >= 4 is 29.1 Å². The number of nitrogens with zero attached hydrogens (tertiary/aromatic N) is 5. The highest BCUT2D eigenvalue weighted by Gasteiger charge is 2.21. The van der Waals surface area contributed by atoms with Crippen molar-refractivity contribution in [2.24, 2.45) is 0 Å². The van der Waals surface area contributed by atoms with E-state index in [0.29, 0.717) is 28.8 Å². The molecule has 1 aliphatic rings. The van der Waals surface area contributed by atoms with Crippen LogP contribution in [0.15, 0.2) is 60.7 Å². The molecule has 5 rings (SSSR count). The van der Waals surface area contributed by atoms with Gasteiger partial charge in [0.2, 0.25) is 11.8 Å². The zero-order valence-electron chi connectivity index (χ0n) is 26.5. The first-order chi connectivity index (χ1) is 21.2. The van der Waals surface area contributed by atoms with E-state index in [4.69, 9.17) is 19.2 Å². The van der Waals surface area contributed by atoms with E-state index in [-0.39, 0.29) is 5.88 Å². The highest BCUT2D eigenvalue weighted by molar-refractivity contribution is 5.91. The topological polar surface area (TPSA) is 92.3 Å². The van der Waals surface area contributed by atoms with Crippen LogP contribution in [0.2, 0.25) is 0 Å². The quantitative estimate of drug-likeness (QED) is 0.255. The van der Waals surface area contributed by atoms with Crippen molar-refractivity contribution in [2.45, 2.75) is 20.8 Å². The maximum atomic E-state index is 13.4. The number of rotatable bonds is 8. The molecule has 1 amide bonds. The zero-order chi connectivity index (χ0) is 31.4. The molecule has 0 unspecified atom stereocenters. The number of hydrogen-bond acceptors (Lipinski definition) is 9. The fourth-order valence-corrected chi connectivity index (χ4v) is 5.17. The predicted molar refractivity (Wildman–Crippen MR) is 175 cm³/mol. The lowest BCUT2D eigenvalue weighted by Gasteiger charge is -2.34. The third-order valence-electron chi connectivity index (χ3n) is 8.24. The molecule has 1 aliphatic heterocycles. The minimum atomic E-state index is -0.638. The van der Waals surface area contributed by atoms with Gasteiger partial charge in [0, 0.05) is 62.3 Å². The Kier molecular flexibility index (Phi) is 9.20. The minimum Gasteiger partial charge on any atom is -0.497 e. The number of likely N-dealkylation sites (N-methyl/N-ethyl adjacent to an activating group) is 1. The number of anilines is 4. The van der Waals surface area contributed by atoms with Gasteiger partial charge < -0.3 is 29.3 Å². The summed E-state index contributed by atoms with van der Waals surface area (Å²) in [4.78, 5) is 28.9. The number of piperazine rings is 1. The van der Waals surface area contributed by atoms with Crippen LogP contribution in [-0.4, -0.2) is 75.5 Å². The van der Waals surface area contributed by atoms with Crippen LogP contribution in [0.5, 0.6) is 17.4 Å². The number of aryl methyl sites for hydroxylation is 1. The Bertz CT molecular complexity index is 1630. The fraction of sp³-hybridized carbons (Fsp3) is 0.324. The molecule has 3 aromatic carbocycles. The first-order valence-corrected chi connectivity index (χ1v) is 14.6. The van der Waals surface area contributed by atoms with Crippen LogP contribution in [0.3, 0.4) is 0 Å². The van der Waals surface area contributed by atoms with Crippen LogP contribution >= 0.6 is 0 Å². The minimum absolute atomic E-state index is 0.114. The molecule has 0 radical (unpaired) electrons. The monoisotopic (exact) mass is 596 g/mol. The summed E-state index contributed by atoms with van der Waals surface area (Å²) < 4.78 is 16.6. The van der Waals surface area contributed by atoms with Gasteiger partial charge in [-0.05, 0) is 80.9 Å². The van der Waals surface area contributed by atoms with Crippen LogP contribution in [0.25, 0.3) is 11.3 Å². The Hall–Kier alpha value is -4.83. The summed E-state index contributed by atoms with van der Waals surface area (Å²) in [6.07, 6.45) is -0.638. The normalized spacial score (nSPS) is 13.4. The molecule has 2 heterocycles. The van der Waals surface area contributed by atoms with Gasteiger partial charge in [0.25, 0.3) is 0 Å². The van der Waals surface area contributed by atoms with Crippen molar-refractivity contribution in [3.63, 3.8) is 0 Å². The molecule has 0 atom stereocenters. The maximum Gasteiger partial charge on any atom is 0.420 e. The third kappa shape index (κ3) is 6.70. The smallest absolute Gasteiger partial charge is 0.420 e. The second kappa shape index (κ2) is 13.2. The van der Waals surface area contributed by atoms with Gasteiger partial charge >= 0.3 is 6.09 Å². The van der Waals surface area contributed by atoms with E-state index in [9.17, 15) is 4.79 Å². The van der Waals surface area contributed by atoms with Crippen molar-refractivity contribution in [3.8, 4) is 28.6 Å². The number of methoxy groups -OCH3 is 2. The van der Waals surface area contributed by atoms with E-state index in [0.717, 1.165) is 43.0 Å². The summed E-state index contributed by atoms with van der Waals surface area (Å²) in [6, 6.07) is 19.2. The van der Waals surface area contributed by atoms with E-state index in [1.54, 1.807) is 45.5 Å². The van der Waals surface area contributed by atoms with Crippen molar-refractivity contribution < 1.29 is 19.0 Å². The largest absolute Gasteiger partial charge is 0.497 e. The van der Waals surface area contributed by atoms with Crippen LogP contribution in [0, 0.1) is 20.8 Å². The number of benzene rings is 3. The lowest BCUT2D eigenvalue weighted by atomic mass is 9.97. The molecular formula is C34H40N6O4. The lowest BCUT2D eigenvalue weighted by Crippen LogP contribution is -2.44. The highest BCUT2D eigenvalue weighted by Crippen LogP contribution is 2.33. The fourth-order valence-electron chi connectivity index (χ4n) is 5.17. The molecule has 1 aromatic heterocycles. The maximum absolute atomic E-state index is 13.4. The highest BCUT2D eigenvalue weighted by atomic mass is 16.6. The number of aromatic nitrogens is 2. The van der Waals surface area contributed by atoms with Crippen LogP contribution in [-0.2, 0) is 0 Å². The second-order valence-corrected chi connectivity index (χ2v) is 11.0. The molecule has 4 aromatic rings. The molecular weight excluding hydrogens is 556 g/mol. The summed E-state index contributed by atoms with van der Waals surface area (Å²) in [5.74, 6) is 1.52. The molecule has 1 fully saturated rings. The van der Waals surface area contributed by atoms with Gasteiger partial charge in [-0.15, -0.1) is 0 Å². The molecule has 0 bridgehead atoms. The standard InChI is InChI=1S/C34H40N6O4/c1-22-8-14-28(24(3)23(22)2)29-21-32(44-34(41)39(5)30-20-27(42-6)13-15-31(30)43-7)37-33(36-29)35-25-9-11-26(12-10-25)40-18-16-38(4)17-19-40/h8-15,20-21H,16-19H2,1-7H3,(H,35,36,37). The average molecular weight is 597 g/mol. The predicted octanol–water partition coefficient (Wildman–Crippen LogP) is 6.22. The Morgan fingerprint density at radius 3 is 2.27 bits per heavy atom. The van der Waals surface area contributed by atoms with E-state index in [1.807, 2.05) is 18.2 Å². The van der Waals surface area contributed by atoms with Gasteiger partial charge in [-0.25, -0.2) is 9.78 Å². The van der Waals surface area contributed by atoms with Gasteiger partial charge in [-0.1, -0.05) is 12.1 Å². The van der Waals surface area contributed by atoms with Crippen molar-refractivity contribution in [1.82, 2.24) is 14.9 Å². The van der Waals surface area contributed by atoms with E-state index in [2.05, 4.69) is 66.1 Å². The van der Waals surface area contributed by atoms with Gasteiger partial charge in [0.05, 0.1) is 25.6 Å². The molecule has 1 saturated heterocycles. The zero-order valence-corrected chi connectivity index (χ0v) is 26.5. The van der Waals surface area contributed by atoms with Gasteiger partial charge in [-0.2, -0.15) is 4.98 Å². The summed E-state index contributed by atoms with van der Waals surface area (Å²) in [6.45, 7) is 10.3. The molecule has 44 heavy (non-hydrogen) atoms. The van der Waals surface area contributed by atoms with Gasteiger partial charge in [0.15, 0.2) is 0 Å². The molecule has 10 nitrogen and oxygen atoms in total. The van der Waals surface area contributed by atoms with Gasteiger partial charge in [-0.3, -0.25) is 4.90 Å². The van der Waals surface area contributed by atoms with Crippen molar-refractivity contribution in [2.75, 3.05) is 69.6 Å². The van der Waals surface area contributed by atoms with Gasteiger partial charge in [0.1, 0.15) is 11.5 Å². The Balaban J connectivity index is 1.45. The molecule has 10 heteroatoms. The summed E-state index contributed by atoms with van der Waals surface area (Å²) in [5, 5.41) is 3.31. The first kappa shape index (κ1) is 30.6. The molecule has 0 spiro atoms. The third-order valence-corrected chi connectivity index (χ3v) is 8.24. The van der Waals surface area contributed by atoms with Crippen LogP contribution in [0.1, 0.15) is 16.7 Å². The van der Waals surface area contributed by atoms with Crippen molar-refractivity contribution in [1.29, 1.82) is 0 Å². The van der Waals surface area contributed by atoms with E-state index < -0.39 is 6.09 Å². The van der Waals surface area contributed by atoms with Crippen LogP contribution in [0.4, 0.5) is 27.8 Å². The number of hydrogen-bond donors (Lipinski definition) is 1. The van der Waals surface area contributed by atoms with E-state index in [1.165, 1.54) is 21.7 Å². The number of nitrogens with one attached hydrogen (secondary N) is 1. The Morgan fingerprint density at radius 1 is 0.864 bits per heavy atom. The summed E-state index contributed by atoms with van der Waals surface area (Å²) >= 11 is 0. The molecule has 0 aliphatic carbocycles. The molecule has 1 N–H and O–H groups in total. The molecule has 0 saturated carbocycles. The lowest BCUT2D eigenvalue weighted by molar-refractivity contribution is 0.207. The number of carbonyl (C=O) groups is 1. The Morgan fingerprint density at radius 2 is 1.59 bits per heavy atom. The summed E-state index contributed by atoms with van der Waals surface area (Å²) in [7, 11) is 6.87. The van der Waals surface area contributed by atoms with Crippen LogP contribution < -0.4 is 29.3 Å². The average Bonchev–Trinajstić information content (AvgIpc) is 3.03. The van der Waals surface area contributed by atoms with E-state index >= 15 is 0 Å². The second-order valence-electron chi connectivity index (χ2n) is 11.0. The number of carbonyl (C=O) groups excluding carboxylic acids is 1. The first-order valence-electron chi connectivity index (χ1n) is 14.6. The van der Waals surface area contributed by atoms with Crippen molar-refractivity contribution in [3.05, 3.63) is 77.4 Å². The number of amides is 1. The molecule has 230 valence electrons. The Labute approximate surface area is 259 Å². The number of ether oxygens (including phenoxy) is 3. The summed E-state index contributed by atoms with van der Waals surface area (Å²) in [5.41, 5.74) is 7.54.